The predicted molar refractivity (Wildman–Crippen MR) is 102 cm³/mol. The fourth-order valence-electron chi connectivity index (χ4n) is 3.74. The van der Waals surface area contributed by atoms with Gasteiger partial charge in [0.1, 0.15) is 5.82 Å². The zero-order valence-electron chi connectivity index (χ0n) is 15.8. The number of rotatable bonds is 5. The Labute approximate surface area is 154 Å². The molecule has 0 aromatic carbocycles. The third-order valence-electron chi connectivity index (χ3n) is 5.25. The van der Waals surface area contributed by atoms with Crippen molar-refractivity contribution in [2.45, 2.75) is 26.2 Å². The summed E-state index contributed by atoms with van der Waals surface area (Å²) >= 11 is 0. The van der Waals surface area contributed by atoms with Gasteiger partial charge >= 0.3 is 0 Å². The highest BCUT2D eigenvalue weighted by Crippen LogP contribution is 2.21. The van der Waals surface area contributed by atoms with E-state index in [4.69, 9.17) is 4.98 Å². The first-order valence-electron chi connectivity index (χ1n) is 9.60. The molecule has 0 bridgehead atoms. The largest absolute Gasteiger partial charge is 0.354 e. The summed E-state index contributed by atoms with van der Waals surface area (Å²) in [7, 11) is 1.91. The predicted octanol–water partition coefficient (Wildman–Crippen LogP) is 0.878. The van der Waals surface area contributed by atoms with Gasteiger partial charge < -0.3 is 9.80 Å². The van der Waals surface area contributed by atoms with Crippen LogP contribution in [-0.4, -0.2) is 75.7 Å². The lowest BCUT2D eigenvalue weighted by Gasteiger charge is -2.35. The molecular formula is C18H28N8. The highest BCUT2D eigenvalue weighted by Gasteiger charge is 2.21. The Kier molecular flexibility index (Phi) is 5.01. The maximum absolute atomic E-state index is 4.86. The van der Waals surface area contributed by atoms with Crippen molar-refractivity contribution in [2.75, 3.05) is 55.6 Å². The van der Waals surface area contributed by atoms with Crippen LogP contribution >= 0.6 is 0 Å². The average molecular weight is 356 g/mol. The number of aromatic nitrogens is 5. The van der Waals surface area contributed by atoms with Gasteiger partial charge in [-0.15, -0.1) is 5.10 Å². The molecule has 0 atom stereocenters. The van der Waals surface area contributed by atoms with Crippen LogP contribution in [0.5, 0.6) is 0 Å². The van der Waals surface area contributed by atoms with E-state index in [0.717, 1.165) is 75.4 Å². The summed E-state index contributed by atoms with van der Waals surface area (Å²) in [6.45, 7) is 9.41. The summed E-state index contributed by atoms with van der Waals surface area (Å²) in [4.78, 5) is 16.7. The summed E-state index contributed by atoms with van der Waals surface area (Å²) < 4.78 is 1.77. The van der Waals surface area contributed by atoms with Crippen LogP contribution in [0, 0.1) is 6.92 Å². The Bertz CT molecular complexity index is 729. The number of aryl methyl sites for hydroxylation is 2. The topological polar surface area (TPSA) is 66.2 Å². The fourth-order valence-corrected chi connectivity index (χ4v) is 3.74. The van der Waals surface area contributed by atoms with Gasteiger partial charge in [-0.25, -0.2) is 4.98 Å². The number of anilines is 2. The van der Waals surface area contributed by atoms with Crippen LogP contribution < -0.4 is 9.80 Å². The van der Waals surface area contributed by atoms with Crippen molar-refractivity contribution < 1.29 is 0 Å². The number of hydrogen-bond acceptors (Lipinski definition) is 7. The maximum atomic E-state index is 4.86. The second-order valence-electron chi connectivity index (χ2n) is 7.32. The summed E-state index contributed by atoms with van der Waals surface area (Å²) in [6.07, 6.45) is 5.45. The highest BCUT2D eigenvalue weighted by molar-refractivity contribution is 5.46. The average Bonchev–Trinajstić information content (AvgIpc) is 3.32. The van der Waals surface area contributed by atoms with Gasteiger partial charge in [0.25, 0.3) is 0 Å². The van der Waals surface area contributed by atoms with Crippen LogP contribution in [0.3, 0.4) is 0 Å². The summed E-state index contributed by atoms with van der Waals surface area (Å²) in [6, 6.07) is 2.12. The Hall–Kier alpha value is -2.22. The molecule has 4 heterocycles. The molecule has 2 fully saturated rings. The Morgan fingerprint density at radius 3 is 2.42 bits per heavy atom. The Morgan fingerprint density at radius 2 is 1.73 bits per heavy atom. The second kappa shape index (κ2) is 7.57. The molecule has 2 aliphatic heterocycles. The van der Waals surface area contributed by atoms with E-state index in [9.17, 15) is 0 Å². The molecule has 2 aromatic heterocycles. The van der Waals surface area contributed by atoms with Crippen LogP contribution in [0.1, 0.15) is 24.2 Å². The number of piperazine rings is 1. The van der Waals surface area contributed by atoms with Gasteiger partial charge in [0.05, 0.1) is 5.69 Å². The molecular weight excluding hydrogens is 328 g/mol. The third-order valence-corrected chi connectivity index (χ3v) is 5.25. The van der Waals surface area contributed by atoms with Gasteiger partial charge in [-0.3, -0.25) is 9.58 Å². The molecule has 2 aromatic rings. The molecule has 2 aliphatic rings. The maximum Gasteiger partial charge on any atom is 0.227 e. The van der Waals surface area contributed by atoms with E-state index in [1.807, 2.05) is 13.2 Å². The van der Waals surface area contributed by atoms with E-state index in [1.165, 1.54) is 12.8 Å². The molecule has 8 heteroatoms. The molecule has 140 valence electrons. The van der Waals surface area contributed by atoms with E-state index in [1.54, 1.807) is 4.68 Å². The molecule has 0 aliphatic carbocycles. The van der Waals surface area contributed by atoms with E-state index < -0.39 is 0 Å². The zero-order valence-corrected chi connectivity index (χ0v) is 15.8. The van der Waals surface area contributed by atoms with Gasteiger partial charge in [-0.1, -0.05) is 5.21 Å². The van der Waals surface area contributed by atoms with Crippen LogP contribution in [-0.2, 0) is 13.5 Å². The molecule has 0 spiro atoms. The Balaban J connectivity index is 1.34. The standard InChI is InChI=1S/C18H28N8/c1-15-13-17(20-18(19-15)26-6-3-4-7-26)25-11-9-24(10-12-25)8-5-16-14-23(2)22-21-16/h13-14H,3-12H2,1-2H3. The normalized spacial score (nSPS) is 18.7. The van der Waals surface area contributed by atoms with Gasteiger partial charge in [-0.2, -0.15) is 4.98 Å². The van der Waals surface area contributed by atoms with Crippen molar-refractivity contribution in [3.63, 3.8) is 0 Å². The molecule has 0 N–H and O–H groups in total. The molecule has 8 nitrogen and oxygen atoms in total. The number of nitrogens with zero attached hydrogens (tertiary/aromatic N) is 8. The van der Waals surface area contributed by atoms with E-state index in [2.05, 4.69) is 43.0 Å². The first kappa shape index (κ1) is 17.2. The first-order valence-corrected chi connectivity index (χ1v) is 9.60. The van der Waals surface area contributed by atoms with E-state index in [0.29, 0.717) is 0 Å². The first-order chi connectivity index (χ1) is 12.7. The van der Waals surface area contributed by atoms with Gasteiger partial charge in [-0.05, 0) is 19.8 Å². The summed E-state index contributed by atoms with van der Waals surface area (Å²) in [5, 5.41) is 8.18. The minimum Gasteiger partial charge on any atom is -0.354 e. The van der Waals surface area contributed by atoms with E-state index in [-0.39, 0.29) is 0 Å². The molecule has 2 saturated heterocycles. The molecule has 0 amide bonds. The highest BCUT2D eigenvalue weighted by atomic mass is 15.4. The Morgan fingerprint density at radius 1 is 0.962 bits per heavy atom. The monoisotopic (exact) mass is 356 g/mol. The van der Waals surface area contributed by atoms with Crippen LogP contribution in [0.4, 0.5) is 11.8 Å². The van der Waals surface area contributed by atoms with Gasteiger partial charge in [0.2, 0.25) is 5.95 Å². The lowest BCUT2D eigenvalue weighted by Crippen LogP contribution is -2.47. The SMILES string of the molecule is Cc1cc(N2CCN(CCc3cn(C)nn3)CC2)nc(N2CCCC2)n1. The molecule has 0 saturated carbocycles. The van der Waals surface area contributed by atoms with Crippen molar-refractivity contribution in [3.8, 4) is 0 Å². The smallest absolute Gasteiger partial charge is 0.227 e. The van der Waals surface area contributed by atoms with Gasteiger partial charge in [0, 0.05) is 77.2 Å². The third kappa shape index (κ3) is 3.95. The summed E-state index contributed by atoms with van der Waals surface area (Å²) in [5.41, 5.74) is 2.12. The second-order valence-corrected chi connectivity index (χ2v) is 7.32. The minimum absolute atomic E-state index is 0.905. The van der Waals surface area contributed by atoms with Crippen LogP contribution in [0.25, 0.3) is 0 Å². The van der Waals surface area contributed by atoms with E-state index >= 15 is 0 Å². The number of hydrogen-bond donors (Lipinski definition) is 0. The zero-order chi connectivity index (χ0) is 17.9. The van der Waals surface area contributed by atoms with Crippen molar-refractivity contribution in [1.82, 2.24) is 29.9 Å². The van der Waals surface area contributed by atoms with Crippen LogP contribution in [0.15, 0.2) is 12.3 Å². The lowest BCUT2D eigenvalue weighted by atomic mass is 10.2. The van der Waals surface area contributed by atoms with Crippen molar-refractivity contribution >= 4 is 11.8 Å². The van der Waals surface area contributed by atoms with Gasteiger partial charge in [0.15, 0.2) is 0 Å². The fraction of sp³-hybridized carbons (Fsp3) is 0.667. The molecule has 4 rings (SSSR count). The van der Waals surface area contributed by atoms with Crippen molar-refractivity contribution in [3.05, 3.63) is 23.7 Å². The summed E-state index contributed by atoms with van der Waals surface area (Å²) in [5.74, 6) is 1.98. The quantitative estimate of drug-likeness (QED) is 0.788. The lowest BCUT2D eigenvalue weighted by molar-refractivity contribution is 0.259. The molecule has 26 heavy (non-hydrogen) atoms. The molecule has 0 radical (unpaired) electrons. The minimum atomic E-state index is 0.905. The van der Waals surface area contributed by atoms with Crippen molar-refractivity contribution in [1.29, 1.82) is 0 Å². The van der Waals surface area contributed by atoms with Crippen molar-refractivity contribution in [2.24, 2.45) is 7.05 Å². The molecule has 0 unspecified atom stereocenters. The van der Waals surface area contributed by atoms with Crippen LogP contribution in [0.2, 0.25) is 0 Å².